The molecule has 17 nitrogen and oxygen atoms in total. The molecule has 1 N–H and O–H groups in total. The highest BCUT2D eigenvalue weighted by Crippen LogP contribution is 2.49. The van der Waals surface area contributed by atoms with E-state index in [0.717, 1.165) is 16.7 Å². The SMILES string of the molecule is COc1ccc(C(O[C@H]2[C@@H](OCOCOC(=O)c3ccccc3)[C@H](n3cnc4c(NC(=O)c5ccccc5)ncnc43)O[C@@H]2COP(OC)N(C(C)C)C(C)C)(c2ccccc2)c2ccc(OC)cc2)cc1. The molecule has 0 saturated carbocycles. The molecule has 0 radical (unpaired) electrons. The lowest BCUT2D eigenvalue weighted by atomic mass is 9.79. The average Bonchev–Trinajstić information content (AvgIpc) is 4.00. The highest BCUT2D eigenvalue weighted by Gasteiger charge is 2.53. The molecule has 5 atom stereocenters. The zero-order chi connectivity index (χ0) is 50.6. The van der Waals surface area contributed by atoms with Crippen LogP contribution >= 0.6 is 8.53 Å². The Balaban J connectivity index is 1.25. The lowest BCUT2D eigenvalue weighted by Gasteiger charge is -2.40. The van der Waals surface area contributed by atoms with E-state index < -0.39 is 51.4 Å². The molecule has 1 aliphatic heterocycles. The van der Waals surface area contributed by atoms with Gasteiger partial charge in [-0.3, -0.25) is 9.36 Å². The number of nitrogens with one attached hydrogen (secondary N) is 1. The summed E-state index contributed by atoms with van der Waals surface area (Å²) in [4.78, 5) is 40.2. The van der Waals surface area contributed by atoms with Crippen molar-refractivity contribution >= 4 is 37.4 Å². The second-order valence-electron chi connectivity index (χ2n) is 17.2. The first-order valence-corrected chi connectivity index (χ1v) is 24.6. The van der Waals surface area contributed by atoms with Gasteiger partial charge in [-0.15, -0.1) is 0 Å². The second kappa shape index (κ2) is 24.2. The number of anilines is 1. The van der Waals surface area contributed by atoms with Crippen molar-refractivity contribution in [3.8, 4) is 11.5 Å². The van der Waals surface area contributed by atoms with Gasteiger partial charge in [0.1, 0.15) is 41.7 Å². The Morgan fingerprint density at radius 3 is 1.85 bits per heavy atom. The van der Waals surface area contributed by atoms with E-state index in [2.05, 4.69) is 47.7 Å². The number of nitrogens with zero attached hydrogens (tertiary/aromatic N) is 5. The van der Waals surface area contributed by atoms with Gasteiger partial charge < -0.3 is 47.5 Å². The average molecular weight is 999 g/mol. The van der Waals surface area contributed by atoms with Crippen molar-refractivity contribution in [2.24, 2.45) is 0 Å². The van der Waals surface area contributed by atoms with Crippen LogP contribution in [-0.4, -0.2) is 108 Å². The molecule has 0 bridgehead atoms. The number of esters is 1. The zero-order valence-electron chi connectivity index (χ0n) is 41.2. The maximum atomic E-state index is 13.4. The summed E-state index contributed by atoms with van der Waals surface area (Å²) in [6, 6.07) is 42.9. The van der Waals surface area contributed by atoms with Gasteiger partial charge in [-0.05, 0) is 92.9 Å². The number of hydrogen-bond acceptors (Lipinski definition) is 15. The standard InChI is InChI=1S/C54H59N6O11P/c1-36(2)60(37(3)4)72(65-7)69-31-45-47(71-54(40-21-15-10-16-22-40,41-23-27-43(63-5)28-24-41)42-25-29-44(64-6)30-26-42)48(67-34-66-35-68-53(62)39-19-13-9-14-20-39)52(70-45)59-33-57-46-49(55-32-56-50(46)59)58-51(61)38-17-11-8-12-18-38/h8-30,32-33,36-37,45,47-48,52H,31,34-35H2,1-7H3,(H,55,56,58,61)/t45-,47-,48-,52-,72?/m1/s1. The predicted molar refractivity (Wildman–Crippen MR) is 270 cm³/mol. The molecule has 1 unspecified atom stereocenters. The molecule has 0 aliphatic carbocycles. The van der Waals surface area contributed by atoms with Crippen molar-refractivity contribution in [3.63, 3.8) is 0 Å². The van der Waals surface area contributed by atoms with Gasteiger partial charge in [0.25, 0.3) is 14.4 Å². The normalized spacial score (nSPS) is 17.4. The van der Waals surface area contributed by atoms with Crippen LogP contribution in [0.5, 0.6) is 11.5 Å². The molecule has 1 amide bonds. The molecule has 1 saturated heterocycles. The molecule has 5 aromatic carbocycles. The van der Waals surface area contributed by atoms with Crippen LogP contribution in [0.2, 0.25) is 0 Å². The summed E-state index contributed by atoms with van der Waals surface area (Å²) in [5, 5.41) is 2.89. The van der Waals surface area contributed by atoms with Crippen LogP contribution in [0.25, 0.3) is 11.2 Å². The minimum absolute atomic E-state index is 0.0256. The van der Waals surface area contributed by atoms with E-state index in [4.69, 9.17) is 47.2 Å². The number of rotatable bonds is 23. The summed E-state index contributed by atoms with van der Waals surface area (Å²) < 4.78 is 61.2. The Labute approximate surface area is 420 Å². The fraction of sp³-hybridized carbons (Fsp3) is 0.315. The van der Waals surface area contributed by atoms with E-state index in [1.807, 2.05) is 91.0 Å². The third kappa shape index (κ3) is 11.5. The van der Waals surface area contributed by atoms with E-state index in [0.29, 0.717) is 33.8 Å². The van der Waals surface area contributed by atoms with Crippen LogP contribution in [0.4, 0.5) is 5.82 Å². The zero-order valence-corrected chi connectivity index (χ0v) is 42.1. The predicted octanol–water partition coefficient (Wildman–Crippen LogP) is 9.55. The van der Waals surface area contributed by atoms with Gasteiger partial charge in [-0.25, -0.2) is 24.4 Å². The molecular formula is C54H59N6O11P. The number of benzene rings is 5. The lowest BCUT2D eigenvalue weighted by molar-refractivity contribution is -0.181. The molecule has 1 aliphatic rings. The van der Waals surface area contributed by atoms with Gasteiger partial charge in [0.2, 0.25) is 0 Å². The summed E-state index contributed by atoms with van der Waals surface area (Å²) in [6.07, 6.45) is -1.04. The smallest absolute Gasteiger partial charge is 0.340 e. The summed E-state index contributed by atoms with van der Waals surface area (Å²) >= 11 is 0. The van der Waals surface area contributed by atoms with E-state index in [1.54, 1.807) is 80.8 Å². The topological polar surface area (TPSA) is 176 Å². The largest absolute Gasteiger partial charge is 0.497 e. The number of imidazole rings is 1. The van der Waals surface area contributed by atoms with Crippen LogP contribution in [-0.2, 0) is 38.3 Å². The first kappa shape index (κ1) is 51.7. The molecule has 7 aromatic rings. The molecule has 2 aromatic heterocycles. The molecule has 1 fully saturated rings. The maximum absolute atomic E-state index is 13.4. The minimum Gasteiger partial charge on any atom is -0.497 e. The second-order valence-corrected chi connectivity index (χ2v) is 18.7. The molecule has 72 heavy (non-hydrogen) atoms. The number of fused-ring (bicyclic) bond motifs is 1. The van der Waals surface area contributed by atoms with E-state index in [-0.39, 0.29) is 37.2 Å². The lowest BCUT2D eigenvalue weighted by Crippen LogP contribution is -2.46. The number of hydrogen-bond donors (Lipinski definition) is 1. The highest BCUT2D eigenvalue weighted by atomic mass is 31.2. The van der Waals surface area contributed by atoms with Crippen LogP contribution in [0.15, 0.2) is 152 Å². The van der Waals surface area contributed by atoms with Crippen molar-refractivity contribution in [3.05, 3.63) is 180 Å². The minimum atomic E-state index is -1.61. The number of methoxy groups -OCH3 is 2. The number of ether oxygens (including phenoxy) is 7. The van der Waals surface area contributed by atoms with E-state index in [9.17, 15) is 9.59 Å². The summed E-state index contributed by atoms with van der Waals surface area (Å²) in [5.41, 5.74) is 2.38. The Bertz CT molecular complexity index is 2770. The molecule has 18 heteroatoms. The Kier molecular flexibility index (Phi) is 17.4. The van der Waals surface area contributed by atoms with Gasteiger partial charge in [-0.1, -0.05) is 91.0 Å². The quantitative estimate of drug-likeness (QED) is 0.0211. The number of aromatic nitrogens is 4. The van der Waals surface area contributed by atoms with E-state index >= 15 is 0 Å². The molecule has 376 valence electrons. The van der Waals surface area contributed by atoms with Crippen LogP contribution in [0, 0.1) is 0 Å². The molecular weight excluding hydrogens is 940 g/mol. The third-order valence-electron chi connectivity index (χ3n) is 12.1. The number of carbonyl (C=O) groups excluding carboxylic acids is 2. The van der Waals surface area contributed by atoms with Gasteiger partial charge >= 0.3 is 5.97 Å². The Morgan fingerprint density at radius 2 is 1.28 bits per heavy atom. The number of amides is 1. The Hall–Kier alpha value is -6.66. The maximum Gasteiger partial charge on any atom is 0.340 e. The van der Waals surface area contributed by atoms with Gasteiger partial charge in [0.15, 0.2) is 36.8 Å². The number of carbonyl (C=O) groups is 2. The van der Waals surface area contributed by atoms with Crippen LogP contribution in [0.1, 0.15) is 71.3 Å². The van der Waals surface area contributed by atoms with Gasteiger partial charge in [0.05, 0.1) is 32.7 Å². The molecule has 0 spiro atoms. The van der Waals surface area contributed by atoms with Gasteiger partial charge in [0, 0.05) is 24.8 Å². The van der Waals surface area contributed by atoms with Crippen LogP contribution in [0.3, 0.4) is 0 Å². The molecule has 8 rings (SSSR count). The monoisotopic (exact) mass is 998 g/mol. The third-order valence-corrected chi connectivity index (χ3v) is 14.0. The van der Waals surface area contributed by atoms with Crippen molar-refractivity contribution in [1.29, 1.82) is 0 Å². The van der Waals surface area contributed by atoms with Crippen molar-refractivity contribution < 1.29 is 51.8 Å². The first-order valence-electron chi connectivity index (χ1n) is 23.4. The van der Waals surface area contributed by atoms with Crippen molar-refractivity contribution in [1.82, 2.24) is 24.2 Å². The van der Waals surface area contributed by atoms with Crippen molar-refractivity contribution in [2.75, 3.05) is 46.8 Å². The Morgan fingerprint density at radius 1 is 0.708 bits per heavy atom. The summed E-state index contributed by atoms with van der Waals surface area (Å²) in [7, 11) is 3.25. The highest BCUT2D eigenvalue weighted by molar-refractivity contribution is 7.44. The fourth-order valence-corrected chi connectivity index (χ4v) is 10.2. The van der Waals surface area contributed by atoms with Crippen molar-refractivity contribution in [2.45, 2.75) is 69.9 Å². The van der Waals surface area contributed by atoms with Gasteiger partial charge in [-0.2, -0.15) is 0 Å². The first-order chi connectivity index (χ1) is 35.1. The summed E-state index contributed by atoms with van der Waals surface area (Å²) in [5.74, 6) is 0.556. The fourth-order valence-electron chi connectivity index (χ4n) is 8.76. The van der Waals surface area contributed by atoms with Crippen LogP contribution < -0.4 is 14.8 Å². The summed E-state index contributed by atoms with van der Waals surface area (Å²) in [6.45, 7) is 7.55. The van der Waals surface area contributed by atoms with E-state index in [1.165, 1.54) is 6.33 Å². The molecule has 3 heterocycles.